The Morgan fingerprint density at radius 3 is 2.27 bits per heavy atom. The Labute approximate surface area is 101 Å². The van der Waals surface area contributed by atoms with Gasteiger partial charge in [0, 0.05) is 18.4 Å². The van der Waals surface area contributed by atoms with Gasteiger partial charge in [-0.15, -0.1) is 0 Å². The first-order chi connectivity index (χ1) is 6.81. The van der Waals surface area contributed by atoms with Crippen molar-refractivity contribution in [2.75, 3.05) is 24.7 Å². The van der Waals surface area contributed by atoms with Crippen molar-refractivity contribution < 1.29 is 13.2 Å². The van der Waals surface area contributed by atoms with Crippen molar-refractivity contribution in [3.05, 3.63) is 0 Å². The molecule has 0 heterocycles. The highest BCUT2D eigenvalue weighted by Crippen LogP contribution is 2.07. The first kappa shape index (κ1) is 15.3. The predicted octanol–water partition coefficient (Wildman–Crippen LogP) is 1.46. The van der Waals surface area contributed by atoms with Gasteiger partial charge in [-0.2, -0.15) is 0 Å². The predicted molar refractivity (Wildman–Crippen MR) is 65.9 cm³/mol. The van der Waals surface area contributed by atoms with E-state index in [9.17, 15) is 8.42 Å². The molecule has 0 radical (unpaired) electrons. The van der Waals surface area contributed by atoms with Crippen LogP contribution in [0.3, 0.4) is 0 Å². The van der Waals surface area contributed by atoms with Crippen LogP contribution >= 0.6 is 15.9 Å². The van der Waals surface area contributed by atoms with E-state index in [2.05, 4.69) is 15.9 Å². The van der Waals surface area contributed by atoms with Gasteiger partial charge in [0.15, 0.2) is 0 Å². The fourth-order valence-corrected chi connectivity index (χ4v) is 2.75. The number of halogens is 1. The summed E-state index contributed by atoms with van der Waals surface area (Å²) >= 11 is 3.26. The van der Waals surface area contributed by atoms with Crippen molar-refractivity contribution in [1.29, 1.82) is 0 Å². The average molecular weight is 302 g/mol. The zero-order valence-corrected chi connectivity index (χ0v) is 12.1. The molecular formula is C9H20BrNO3S. The SMILES string of the molecule is CC(C)OCCS(=O)(=O)N(C)C(C)CBr. The van der Waals surface area contributed by atoms with Gasteiger partial charge in [0.2, 0.25) is 10.0 Å². The highest BCUT2D eigenvalue weighted by Gasteiger charge is 2.22. The lowest BCUT2D eigenvalue weighted by Gasteiger charge is -2.22. The smallest absolute Gasteiger partial charge is 0.216 e. The molecule has 0 rings (SSSR count). The number of ether oxygens (including phenoxy) is 1. The van der Waals surface area contributed by atoms with Gasteiger partial charge < -0.3 is 4.74 Å². The molecule has 0 aromatic carbocycles. The maximum Gasteiger partial charge on any atom is 0.216 e. The topological polar surface area (TPSA) is 46.6 Å². The summed E-state index contributed by atoms with van der Waals surface area (Å²) in [5, 5.41) is 0.633. The van der Waals surface area contributed by atoms with Crippen molar-refractivity contribution in [2.45, 2.75) is 32.9 Å². The minimum Gasteiger partial charge on any atom is -0.378 e. The Morgan fingerprint density at radius 1 is 1.33 bits per heavy atom. The first-order valence-electron chi connectivity index (χ1n) is 4.94. The van der Waals surface area contributed by atoms with Crippen LogP contribution in [0.1, 0.15) is 20.8 Å². The van der Waals surface area contributed by atoms with Crippen LogP contribution in [-0.2, 0) is 14.8 Å². The van der Waals surface area contributed by atoms with E-state index in [0.717, 1.165) is 0 Å². The zero-order chi connectivity index (χ0) is 12.1. The van der Waals surface area contributed by atoms with Crippen molar-refractivity contribution in [3.63, 3.8) is 0 Å². The van der Waals surface area contributed by atoms with Crippen LogP contribution in [0.15, 0.2) is 0 Å². The lowest BCUT2D eigenvalue weighted by atomic mass is 10.4. The third-order valence-corrected chi connectivity index (χ3v) is 4.93. The lowest BCUT2D eigenvalue weighted by molar-refractivity contribution is 0.0907. The summed E-state index contributed by atoms with van der Waals surface area (Å²) in [6, 6.07) is -0.0333. The molecule has 0 bridgehead atoms. The van der Waals surface area contributed by atoms with E-state index in [1.807, 2.05) is 20.8 Å². The third kappa shape index (κ3) is 5.85. The van der Waals surface area contributed by atoms with E-state index in [-0.39, 0.29) is 24.5 Å². The van der Waals surface area contributed by atoms with Crippen molar-refractivity contribution in [3.8, 4) is 0 Å². The van der Waals surface area contributed by atoms with E-state index in [4.69, 9.17) is 4.74 Å². The van der Waals surface area contributed by atoms with Gasteiger partial charge in [-0.25, -0.2) is 12.7 Å². The molecule has 0 spiro atoms. The van der Waals surface area contributed by atoms with Crippen LogP contribution in [0.5, 0.6) is 0 Å². The van der Waals surface area contributed by atoms with Gasteiger partial charge in [0.25, 0.3) is 0 Å². The maximum atomic E-state index is 11.7. The molecule has 0 fully saturated rings. The van der Waals surface area contributed by atoms with Gasteiger partial charge in [0.05, 0.1) is 18.5 Å². The standard InChI is InChI=1S/C9H20BrNO3S/c1-8(2)14-5-6-15(12,13)11(4)9(3)7-10/h8-9H,5-7H2,1-4H3. The van der Waals surface area contributed by atoms with Gasteiger partial charge in [-0.1, -0.05) is 15.9 Å². The second-order valence-corrected chi connectivity index (χ2v) is 6.55. The number of rotatable bonds is 7. The summed E-state index contributed by atoms with van der Waals surface area (Å²) in [5.41, 5.74) is 0. The molecule has 0 saturated heterocycles. The van der Waals surface area contributed by atoms with Gasteiger partial charge >= 0.3 is 0 Å². The quantitative estimate of drug-likeness (QED) is 0.669. The van der Waals surface area contributed by atoms with Crippen LogP contribution < -0.4 is 0 Å². The van der Waals surface area contributed by atoms with Crippen molar-refractivity contribution in [2.24, 2.45) is 0 Å². The fraction of sp³-hybridized carbons (Fsp3) is 1.00. The summed E-state index contributed by atoms with van der Waals surface area (Å²) in [5.74, 6) is 0.0407. The zero-order valence-electron chi connectivity index (χ0n) is 9.73. The third-order valence-electron chi connectivity index (χ3n) is 2.08. The van der Waals surface area contributed by atoms with Crippen LogP contribution in [0, 0.1) is 0 Å². The number of hydrogen-bond donors (Lipinski definition) is 0. The van der Waals surface area contributed by atoms with Crippen LogP contribution in [0.25, 0.3) is 0 Å². The number of alkyl halides is 1. The van der Waals surface area contributed by atoms with Crippen molar-refractivity contribution >= 4 is 26.0 Å². The Balaban J connectivity index is 4.18. The van der Waals surface area contributed by atoms with Gasteiger partial charge in [-0.05, 0) is 20.8 Å². The fourth-order valence-electron chi connectivity index (χ4n) is 0.904. The number of hydrogen-bond acceptors (Lipinski definition) is 3. The maximum absolute atomic E-state index is 11.7. The molecule has 0 aliphatic rings. The molecule has 15 heavy (non-hydrogen) atoms. The summed E-state index contributed by atoms with van der Waals surface area (Å²) in [6.45, 7) is 5.88. The first-order valence-corrected chi connectivity index (χ1v) is 7.67. The van der Waals surface area contributed by atoms with Crippen LogP contribution in [0.4, 0.5) is 0 Å². The molecule has 0 aliphatic carbocycles. The molecule has 1 atom stereocenters. The Bertz CT molecular complexity index is 267. The number of nitrogens with zero attached hydrogens (tertiary/aromatic N) is 1. The van der Waals surface area contributed by atoms with Crippen molar-refractivity contribution in [1.82, 2.24) is 4.31 Å². The molecular weight excluding hydrogens is 282 g/mol. The minimum atomic E-state index is -3.19. The van der Waals surface area contributed by atoms with Gasteiger partial charge in [0.1, 0.15) is 0 Å². The Morgan fingerprint density at radius 2 is 1.87 bits per heavy atom. The monoisotopic (exact) mass is 301 g/mol. The largest absolute Gasteiger partial charge is 0.378 e. The molecule has 0 saturated carbocycles. The molecule has 0 aromatic rings. The summed E-state index contributed by atoms with van der Waals surface area (Å²) < 4.78 is 30.1. The van der Waals surface area contributed by atoms with Gasteiger partial charge in [-0.3, -0.25) is 0 Å². The highest BCUT2D eigenvalue weighted by atomic mass is 79.9. The summed E-state index contributed by atoms with van der Waals surface area (Å²) in [4.78, 5) is 0. The average Bonchev–Trinajstić information content (AvgIpc) is 2.14. The Kier molecular flexibility index (Phi) is 6.99. The second-order valence-electron chi connectivity index (χ2n) is 3.76. The molecule has 6 heteroatoms. The summed E-state index contributed by atoms with van der Waals surface area (Å²) in [6.07, 6.45) is 0.0686. The van der Waals surface area contributed by atoms with E-state index in [1.165, 1.54) is 4.31 Å². The van der Waals surface area contributed by atoms with E-state index < -0.39 is 10.0 Å². The Hall–Kier alpha value is 0.350. The molecule has 4 nitrogen and oxygen atoms in total. The normalized spacial score (nSPS) is 14.9. The van der Waals surface area contributed by atoms with Crippen LogP contribution in [-0.4, -0.2) is 49.6 Å². The molecule has 0 amide bonds. The highest BCUT2D eigenvalue weighted by molar-refractivity contribution is 9.09. The molecule has 0 N–H and O–H groups in total. The van der Waals surface area contributed by atoms with E-state index in [1.54, 1.807) is 7.05 Å². The molecule has 0 aromatic heterocycles. The second kappa shape index (κ2) is 6.83. The van der Waals surface area contributed by atoms with E-state index in [0.29, 0.717) is 5.33 Å². The summed E-state index contributed by atoms with van der Waals surface area (Å²) in [7, 11) is -1.60. The van der Waals surface area contributed by atoms with Crippen LogP contribution in [0.2, 0.25) is 0 Å². The molecule has 1 unspecified atom stereocenters. The lowest BCUT2D eigenvalue weighted by Crippen LogP contribution is -2.38. The molecule has 92 valence electrons. The molecule has 0 aliphatic heterocycles. The minimum absolute atomic E-state index is 0.0333. The van der Waals surface area contributed by atoms with E-state index >= 15 is 0 Å². The number of sulfonamides is 1.